The van der Waals surface area contributed by atoms with Gasteiger partial charge in [0.25, 0.3) is 0 Å². The van der Waals surface area contributed by atoms with E-state index >= 15 is 0 Å². The van der Waals surface area contributed by atoms with Crippen molar-refractivity contribution in [2.24, 2.45) is 10.2 Å². The zero-order valence-corrected chi connectivity index (χ0v) is 16.6. The van der Waals surface area contributed by atoms with Gasteiger partial charge in [-0.05, 0) is 63.1 Å². The Bertz CT molecular complexity index is 750. The Morgan fingerprint density at radius 1 is 0.750 bits per heavy atom. The predicted molar refractivity (Wildman–Crippen MR) is 105 cm³/mol. The van der Waals surface area contributed by atoms with Crippen LogP contribution in [0.1, 0.15) is 38.8 Å². The maximum atomic E-state index is 12.4. The number of amides is 2. The quantitative estimate of drug-likeness (QED) is 0.683. The number of carbonyl (C=O) groups excluding carboxylic acids is 2. The van der Waals surface area contributed by atoms with Crippen molar-refractivity contribution in [2.45, 2.75) is 51.9 Å². The van der Waals surface area contributed by atoms with E-state index in [1.165, 1.54) is 0 Å². The molecule has 2 heterocycles. The molecule has 0 saturated heterocycles. The van der Waals surface area contributed by atoms with E-state index in [-0.39, 0.29) is 11.8 Å². The van der Waals surface area contributed by atoms with E-state index in [9.17, 15) is 9.59 Å². The van der Waals surface area contributed by atoms with Crippen LogP contribution in [0.5, 0.6) is 0 Å². The van der Waals surface area contributed by atoms with Gasteiger partial charge in [-0.2, -0.15) is 10.2 Å². The molecule has 28 heavy (non-hydrogen) atoms. The summed E-state index contributed by atoms with van der Waals surface area (Å²) in [5.41, 5.74) is -0.329. The SMILES string of the molecule is CC(C)(N=NC(C)(C)C(=O)NCc1ccncc1)C(=O)NCc1ccncc1. The summed E-state index contributed by atoms with van der Waals surface area (Å²) in [7, 11) is 0. The van der Waals surface area contributed by atoms with Gasteiger partial charge in [0.15, 0.2) is 11.1 Å². The van der Waals surface area contributed by atoms with Crippen molar-refractivity contribution in [2.75, 3.05) is 0 Å². The Balaban J connectivity index is 1.92. The third-order valence-corrected chi connectivity index (χ3v) is 4.07. The number of pyridine rings is 2. The van der Waals surface area contributed by atoms with Crippen LogP contribution < -0.4 is 10.6 Å². The maximum Gasteiger partial charge on any atom is 0.249 e. The highest BCUT2D eigenvalue weighted by atomic mass is 16.2. The van der Waals surface area contributed by atoms with Crippen molar-refractivity contribution < 1.29 is 9.59 Å². The molecule has 2 aromatic heterocycles. The average Bonchev–Trinajstić information content (AvgIpc) is 2.70. The molecule has 0 aliphatic heterocycles. The fourth-order valence-corrected chi connectivity index (χ4v) is 2.14. The summed E-state index contributed by atoms with van der Waals surface area (Å²) in [6.07, 6.45) is 6.66. The van der Waals surface area contributed by atoms with Crippen molar-refractivity contribution in [3.63, 3.8) is 0 Å². The lowest BCUT2D eigenvalue weighted by molar-refractivity contribution is -0.127. The third kappa shape index (κ3) is 6.22. The summed E-state index contributed by atoms with van der Waals surface area (Å²) in [5, 5.41) is 13.9. The lowest BCUT2D eigenvalue weighted by atomic mass is 10.0. The molecule has 148 valence electrons. The van der Waals surface area contributed by atoms with Gasteiger partial charge in [-0.25, -0.2) is 0 Å². The second-order valence-corrected chi connectivity index (χ2v) is 7.39. The molecule has 8 nitrogen and oxygen atoms in total. The lowest BCUT2D eigenvalue weighted by Gasteiger charge is -2.22. The van der Waals surface area contributed by atoms with Crippen molar-refractivity contribution in [1.29, 1.82) is 0 Å². The van der Waals surface area contributed by atoms with E-state index in [4.69, 9.17) is 0 Å². The minimum Gasteiger partial charge on any atom is -0.350 e. The Labute approximate surface area is 164 Å². The number of hydrogen-bond acceptors (Lipinski definition) is 6. The smallest absolute Gasteiger partial charge is 0.249 e. The highest BCUT2D eigenvalue weighted by Crippen LogP contribution is 2.17. The molecule has 2 N–H and O–H groups in total. The molecule has 0 spiro atoms. The highest BCUT2D eigenvalue weighted by Gasteiger charge is 2.32. The second kappa shape index (κ2) is 9.16. The van der Waals surface area contributed by atoms with Crippen molar-refractivity contribution in [1.82, 2.24) is 20.6 Å². The van der Waals surface area contributed by atoms with E-state index in [0.717, 1.165) is 11.1 Å². The van der Waals surface area contributed by atoms with Crippen LogP contribution >= 0.6 is 0 Å². The number of nitrogens with one attached hydrogen (secondary N) is 2. The summed E-state index contributed by atoms with van der Waals surface area (Å²) in [6.45, 7) is 7.37. The molecule has 2 aromatic rings. The molecule has 2 rings (SSSR count). The first-order chi connectivity index (χ1) is 13.2. The zero-order valence-electron chi connectivity index (χ0n) is 16.6. The predicted octanol–water partition coefficient (Wildman–Crippen LogP) is 2.42. The molecular formula is C20H26N6O2. The molecule has 0 aliphatic carbocycles. The molecule has 8 heteroatoms. The average molecular weight is 382 g/mol. The number of azo groups is 1. The first-order valence-electron chi connectivity index (χ1n) is 8.99. The Morgan fingerprint density at radius 2 is 1.07 bits per heavy atom. The van der Waals surface area contributed by atoms with Crippen molar-refractivity contribution >= 4 is 11.8 Å². The molecule has 0 fully saturated rings. The minimum absolute atomic E-state index is 0.277. The summed E-state index contributed by atoms with van der Waals surface area (Å²) in [4.78, 5) is 32.8. The molecule has 0 atom stereocenters. The number of nitrogens with zero attached hydrogens (tertiary/aromatic N) is 4. The van der Waals surface area contributed by atoms with E-state index < -0.39 is 11.1 Å². The molecule has 0 aromatic carbocycles. The van der Waals surface area contributed by atoms with E-state index in [0.29, 0.717) is 13.1 Å². The van der Waals surface area contributed by atoms with Gasteiger partial charge in [-0.1, -0.05) is 0 Å². The van der Waals surface area contributed by atoms with E-state index in [1.807, 2.05) is 24.3 Å². The summed E-state index contributed by atoms with van der Waals surface area (Å²) < 4.78 is 0. The van der Waals surface area contributed by atoms with Crippen LogP contribution in [0.4, 0.5) is 0 Å². The van der Waals surface area contributed by atoms with Crippen LogP contribution in [0.3, 0.4) is 0 Å². The van der Waals surface area contributed by atoms with Crippen LogP contribution in [0.15, 0.2) is 59.3 Å². The standard InChI is InChI=1S/C20H26N6O2/c1-19(2,17(27)23-13-15-5-9-21-10-6-15)25-26-20(3,4)18(28)24-14-16-7-11-22-12-8-16/h5-12H,13-14H2,1-4H3,(H,23,27)(H,24,28). The van der Waals surface area contributed by atoms with E-state index in [1.54, 1.807) is 52.5 Å². The third-order valence-electron chi connectivity index (χ3n) is 4.07. The molecule has 0 saturated carbocycles. The lowest BCUT2D eigenvalue weighted by Crippen LogP contribution is -2.43. The van der Waals surface area contributed by atoms with Gasteiger partial charge in [-0.3, -0.25) is 19.6 Å². The van der Waals surface area contributed by atoms with Gasteiger partial charge in [0.2, 0.25) is 11.8 Å². The van der Waals surface area contributed by atoms with Gasteiger partial charge in [-0.15, -0.1) is 0 Å². The number of hydrogen-bond donors (Lipinski definition) is 2. The van der Waals surface area contributed by atoms with Crippen LogP contribution in [-0.2, 0) is 22.7 Å². The Hall–Kier alpha value is -3.16. The summed E-state index contributed by atoms with van der Waals surface area (Å²) >= 11 is 0. The topological polar surface area (TPSA) is 109 Å². The van der Waals surface area contributed by atoms with Gasteiger partial charge >= 0.3 is 0 Å². The molecule has 0 aliphatic rings. The largest absolute Gasteiger partial charge is 0.350 e. The van der Waals surface area contributed by atoms with Crippen LogP contribution in [0.2, 0.25) is 0 Å². The number of rotatable bonds is 8. The second-order valence-electron chi connectivity index (χ2n) is 7.39. The molecule has 0 radical (unpaired) electrons. The summed E-state index contributed by atoms with van der Waals surface area (Å²) in [6, 6.07) is 7.30. The zero-order chi connectivity index (χ0) is 20.6. The molecule has 2 amide bonds. The monoisotopic (exact) mass is 382 g/mol. The Morgan fingerprint density at radius 3 is 1.39 bits per heavy atom. The first kappa shape index (κ1) is 21.1. The van der Waals surface area contributed by atoms with Gasteiger partial charge in [0.05, 0.1) is 0 Å². The van der Waals surface area contributed by atoms with Gasteiger partial charge in [0.1, 0.15) is 0 Å². The van der Waals surface area contributed by atoms with Gasteiger partial charge < -0.3 is 10.6 Å². The molecule has 0 unspecified atom stereocenters. The molecular weight excluding hydrogens is 356 g/mol. The Kier molecular flexibility index (Phi) is 6.92. The van der Waals surface area contributed by atoms with Crippen LogP contribution in [-0.4, -0.2) is 32.9 Å². The summed E-state index contributed by atoms with van der Waals surface area (Å²) in [5.74, 6) is -0.554. The van der Waals surface area contributed by atoms with Gasteiger partial charge in [0, 0.05) is 37.9 Å². The highest BCUT2D eigenvalue weighted by molar-refractivity contribution is 5.86. The van der Waals surface area contributed by atoms with Crippen LogP contribution in [0, 0.1) is 0 Å². The fourth-order valence-electron chi connectivity index (χ4n) is 2.14. The first-order valence-corrected chi connectivity index (χ1v) is 8.99. The van der Waals surface area contributed by atoms with Crippen LogP contribution in [0.25, 0.3) is 0 Å². The maximum absolute atomic E-state index is 12.4. The number of aromatic nitrogens is 2. The fraction of sp³-hybridized carbons (Fsp3) is 0.400. The minimum atomic E-state index is -1.10. The van der Waals surface area contributed by atoms with E-state index in [2.05, 4.69) is 30.8 Å². The molecule has 0 bridgehead atoms. The number of carbonyl (C=O) groups is 2. The normalized spacial score (nSPS) is 12.0. The van der Waals surface area contributed by atoms with Crippen molar-refractivity contribution in [3.8, 4) is 0 Å². The van der Waals surface area contributed by atoms with Crippen molar-refractivity contribution in [3.05, 3.63) is 60.2 Å².